The molecule has 8 heteroatoms. The number of benzene rings is 1. The fraction of sp³-hybridized carbons (Fsp3) is 0.235. The predicted molar refractivity (Wildman–Crippen MR) is 102 cm³/mol. The number of nitrogens with zero attached hydrogens (tertiary/aromatic N) is 1. The Kier molecular flexibility index (Phi) is 5.46. The Morgan fingerprint density at radius 2 is 2.28 bits per heavy atom. The number of carbonyl (C=O) groups excluding carboxylic acids is 1. The minimum Gasteiger partial charge on any atom is -0.488 e. The molecule has 0 saturated carbocycles. The van der Waals surface area contributed by atoms with Gasteiger partial charge in [0.05, 0.1) is 4.91 Å². The van der Waals surface area contributed by atoms with Gasteiger partial charge in [0.25, 0.3) is 5.91 Å². The van der Waals surface area contributed by atoms with Crippen molar-refractivity contribution in [2.24, 2.45) is 0 Å². The molecule has 0 atom stereocenters. The zero-order valence-electron chi connectivity index (χ0n) is 13.0. The SMILES string of the molecule is O=C(O)CCCN1C(=O)C(=CC2=Cc3cc(Cl)ccc3OC2)SC1=S. The van der Waals surface area contributed by atoms with Gasteiger partial charge < -0.3 is 9.84 Å². The molecular formula is C17H14ClNO4S2. The van der Waals surface area contributed by atoms with E-state index >= 15 is 0 Å². The average Bonchev–Trinajstić information content (AvgIpc) is 2.81. The monoisotopic (exact) mass is 395 g/mol. The second-order valence-corrected chi connectivity index (χ2v) is 7.63. The van der Waals surface area contributed by atoms with Crippen molar-refractivity contribution in [3.8, 4) is 5.75 Å². The number of amides is 1. The second-order valence-electron chi connectivity index (χ2n) is 5.52. The highest BCUT2D eigenvalue weighted by atomic mass is 35.5. The van der Waals surface area contributed by atoms with E-state index in [0.29, 0.717) is 33.8 Å². The Morgan fingerprint density at radius 3 is 3.04 bits per heavy atom. The zero-order chi connectivity index (χ0) is 18.0. The summed E-state index contributed by atoms with van der Waals surface area (Å²) in [5, 5.41) is 9.32. The first-order valence-electron chi connectivity index (χ1n) is 7.54. The number of ether oxygens (including phenoxy) is 1. The number of thioether (sulfide) groups is 1. The number of halogens is 1. The lowest BCUT2D eigenvalue weighted by Gasteiger charge is -2.16. The molecule has 0 spiro atoms. The van der Waals surface area contributed by atoms with Crippen LogP contribution in [0.3, 0.4) is 0 Å². The van der Waals surface area contributed by atoms with Gasteiger partial charge in [-0.25, -0.2) is 0 Å². The van der Waals surface area contributed by atoms with Gasteiger partial charge >= 0.3 is 5.97 Å². The third-order valence-electron chi connectivity index (χ3n) is 3.67. The van der Waals surface area contributed by atoms with Crippen molar-refractivity contribution < 1.29 is 19.4 Å². The normalized spacial score (nSPS) is 18.2. The van der Waals surface area contributed by atoms with Gasteiger partial charge in [0, 0.05) is 23.6 Å². The molecule has 0 unspecified atom stereocenters. The van der Waals surface area contributed by atoms with E-state index in [2.05, 4.69) is 0 Å². The summed E-state index contributed by atoms with van der Waals surface area (Å²) in [6.45, 7) is 0.667. The molecule has 1 amide bonds. The van der Waals surface area contributed by atoms with Gasteiger partial charge in [0.1, 0.15) is 16.7 Å². The van der Waals surface area contributed by atoms with E-state index in [4.69, 9.17) is 33.7 Å². The standard InChI is InChI=1S/C17H14ClNO4S2/c18-12-3-4-13-11(8-12)6-10(9-23-13)7-14-16(22)19(17(24)25-14)5-1-2-15(20)21/h3-4,6-8H,1-2,5,9H2,(H,20,21). The summed E-state index contributed by atoms with van der Waals surface area (Å²) < 4.78 is 6.12. The molecule has 130 valence electrons. The molecule has 2 aliphatic rings. The maximum Gasteiger partial charge on any atom is 0.303 e. The summed E-state index contributed by atoms with van der Waals surface area (Å²) in [5.74, 6) is -0.330. The van der Waals surface area contributed by atoms with Gasteiger partial charge in [-0.15, -0.1) is 0 Å². The number of hydrogen-bond acceptors (Lipinski definition) is 5. The van der Waals surface area contributed by atoms with E-state index in [1.54, 1.807) is 18.2 Å². The van der Waals surface area contributed by atoms with Crippen LogP contribution in [0.4, 0.5) is 0 Å². The minimum absolute atomic E-state index is 0.00659. The average molecular weight is 396 g/mol. The lowest BCUT2D eigenvalue weighted by Crippen LogP contribution is -2.29. The van der Waals surface area contributed by atoms with Gasteiger partial charge in [0.2, 0.25) is 0 Å². The third-order valence-corrected chi connectivity index (χ3v) is 5.28. The number of rotatable bonds is 5. The van der Waals surface area contributed by atoms with Gasteiger partial charge in [0.15, 0.2) is 0 Å². The molecule has 1 saturated heterocycles. The van der Waals surface area contributed by atoms with E-state index in [1.807, 2.05) is 12.1 Å². The summed E-state index contributed by atoms with van der Waals surface area (Å²) in [6.07, 6.45) is 4.07. The Bertz CT molecular complexity index is 819. The van der Waals surface area contributed by atoms with Gasteiger partial charge in [-0.1, -0.05) is 35.6 Å². The van der Waals surface area contributed by atoms with Crippen LogP contribution in [-0.4, -0.2) is 39.4 Å². The van der Waals surface area contributed by atoms with Crippen molar-refractivity contribution in [1.82, 2.24) is 4.90 Å². The van der Waals surface area contributed by atoms with Crippen molar-refractivity contribution in [2.45, 2.75) is 12.8 Å². The summed E-state index contributed by atoms with van der Waals surface area (Å²) in [4.78, 5) is 25.0. The molecule has 25 heavy (non-hydrogen) atoms. The van der Waals surface area contributed by atoms with Crippen LogP contribution in [0.1, 0.15) is 18.4 Å². The number of carboxylic acids is 1. The molecule has 1 N–H and O–H groups in total. The maximum absolute atomic E-state index is 12.5. The first-order valence-corrected chi connectivity index (χ1v) is 9.14. The lowest BCUT2D eigenvalue weighted by atomic mass is 10.1. The molecule has 1 aromatic carbocycles. The quantitative estimate of drug-likeness (QED) is 0.605. The highest BCUT2D eigenvalue weighted by molar-refractivity contribution is 8.26. The number of carbonyl (C=O) groups is 2. The highest BCUT2D eigenvalue weighted by Crippen LogP contribution is 2.34. The van der Waals surface area contributed by atoms with Crippen LogP contribution in [0.25, 0.3) is 6.08 Å². The Labute approximate surface area is 159 Å². The minimum atomic E-state index is -0.886. The maximum atomic E-state index is 12.5. The molecule has 0 bridgehead atoms. The fourth-order valence-corrected chi connectivity index (χ4v) is 4.00. The van der Waals surface area contributed by atoms with Crippen molar-refractivity contribution in [3.63, 3.8) is 0 Å². The van der Waals surface area contributed by atoms with Crippen molar-refractivity contribution >= 4 is 57.9 Å². The number of fused-ring (bicyclic) bond motifs is 1. The largest absolute Gasteiger partial charge is 0.488 e. The van der Waals surface area contributed by atoms with Gasteiger partial charge in [-0.3, -0.25) is 14.5 Å². The molecule has 0 radical (unpaired) electrons. The van der Waals surface area contributed by atoms with Gasteiger partial charge in [-0.05, 0) is 42.3 Å². The lowest BCUT2D eigenvalue weighted by molar-refractivity contribution is -0.137. The highest BCUT2D eigenvalue weighted by Gasteiger charge is 2.32. The summed E-state index contributed by atoms with van der Waals surface area (Å²) >= 11 is 12.5. The number of hydrogen-bond donors (Lipinski definition) is 1. The second kappa shape index (κ2) is 7.59. The first-order chi connectivity index (χ1) is 11.9. The van der Waals surface area contributed by atoms with E-state index in [9.17, 15) is 9.59 Å². The Morgan fingerprint density at radius 1 is 1.48 bits per heavy atom. The topological polar surface area (TPSA) is 66.8 Å². The van der Waals surface area contributed by atoms with E-state index in [0.717, 1.165) is 16.9 Å². The summed E-state index contributed by atoms with van der Waals surface area (Å²) in [5.41, 5.74) is 1.71. The van der Waals surface area contributed by atoms with Crippen LogP contribution in [0.2, 0.25) is 5.02 Å². The molecule has 0 aromatic heterocycles. The number of carboxylic acid groups (broad SMARTS) is 1. The molecule has 1 aromatic rings. The molecule has 5 nitrogen and oxygen atoms in total. The molecule has 2 heterocycles. The van der Waals surface area contributed by atoms with Crippen LogP contribution >= 0.6 is 35.6 Å². The van der Waals surface area contributed by atoms with Crippen molar-refractivity contribution in [3.05, 3.63) is 45.3 Å². The van der Waals surface area contributed by atoms with Crippen molar-refractivity contribution in [1.29, 1.82) is 0 Å². The van der Waals surface area contributed by atoms with E-state index in [1.165, 1.54) is 16.7 Å². The van der Waals surface area contributed by atoms with Crippen LogP contribution < -0.4 is 4.74 Å². The first kappa shape index (κ1) is 18.0. The Hall–Kier alpha value is -1.83. The summed E-state index contributed by atoms with van der Waals surface area (Å²) in [7, 11) is 0. The smallest absolute Gasteiger partial charge is 0.303 e. The van der Waals surface area contributed by atoms with Crippen LogP contribution in [0.15, 0.2) is 34.8 Å². The number of thiocarbonyl (C=S) groups is 1. The van der Waals surface area contributed by atoms with Crippen LogP contribution in [0.5, 0.6) is 5.75 Å². The van der Waals surface area contributed by atoms with Crippen molar-refractivity contribution in [2.75, 3.05) is 13.2 Å². The predicted octanol–water partition coefficient (Wildman–Crippen LogP) is 3.72. The molecular weight excluding hydrogens is 382 g/mol. The van der Waals surface area contributed by atoms with E-state index in [-0.39, 0.29) is 12.3 Å². The fourth-order valence-electron chi connectivity index (χ4n) is 2.50. The zero-order valence-corrected chi connectivity index (χ0v) is 15.4. The molecule has 0 aliphatic carbocycles. The van der Waals surface area contributed by atoms with E-state index < -0.39 is 5.97 Å². The Balaban J connectivity index is 1.75. The molecule has 3 rings (SSSR count). The third kappa shape index (κ3) is 4.23. The van der Waals surface area contributed by atoms with Crippen LogP contribution in [-0.2, 0) is 9.59 Å². The van der Waals surface area contributed by atoms with Gasteiger partial charge in [-0.2, -0.15) is 0 Å². The number of aliphatic carboxylic acids is 1. The van der Waals surface area contributed by atoms with Crippen LogP contribution in [0, 0.1) is 0 Å². The summed E-state index contributed by atoms with van der Waals surface area (Å²) in [6, 6.07) is 5.38. The molecule has 2 aliphatic heterocycles. The molecule has 1 fully saturated rings.